The molecular formula is C19H22N4O2S3. The van der Waals surface area contributed by atoms with Gasteiger partial charge in [0.15, 0.2) is 0 Å². The second-order valence-corrected chi connectivity index (χ2v) is 10.1. The number of H-pyrrole nitrogens is 1. The minimum absolute atomic E-state index is 0.0392. The molecule has 3 aromatic rings. The Morgan fingerprint density at radius 1 is 1.36 bits per heavy atom. The van der Waals surface area contributed by atoms with Crippen molar-refractivity contribution in [1.82, 2.24) is 20.3 Å². The molecule has 3 heterocycles. The van der Waals surface area contributed by atoms with Crippen molar-refractivity contribution >= 4 is 50.6 Å². The summed E-state index contributed by atoms with van der Waals surface area (Å²) in [6, 6.07) is 0. The zero-order chi connectivity index (χ0) is 19.7. The molecular weight excluding hydrogens is 412 g/mol. The molecule has 1 amide bonds. The zero-order valence-electron chi connectivity index (χ0n) is 15.8. The van der Waals surface area contributed by atoms with Gasteiger partial charge >= 0.3 is 0 Å². The number of aryl methyl sites for hydroxylation is 2. The van der Waals surface area contributed by atoms with Gasteiger partial charge in [-0.1, -0.05) is 13.8 Å². The number of nitrogens with zero attached hydrogens (tertiary/aromatic N) is 2. The third kappa shape index (κ3) is 4.16. The van der Waals surface area contributed by atoms with Crippen molar-refractivity contribution in [3.8, 4) is 0 Å². The first kappa shape index (κ1) is 19.6. The van der Waals surface area contributed by atoms with Crippen molar-refractivity contribution < 1.29 is 4.79 Å². The van der Waals surface area contributed by atoms with Crippen molar-refractivity contribution in [2.75, 3.05) is 5.75 Å². The molecule has 0 bridgehead atoms. The standard InChI is InChI=1S/C19H22N4O2S3/c1-10(2)18-21-11(7-27-18)6-20-15(24)9-26-8-14-22-17(25)16-12-4-3-5-13(12)28-19(16)23-14/h7,10H,3-6,8-9H2,1-2H3,(H,20,24)(H,22,23,25). The Kier molecular flexibility index (Phi) is 5.84. The molecule has 3 aromatic heterocycles. The van der Waals surface area contributed by atoms with Gasteiger partial charge in [-0.05, 0) is 24.8 Å². The molecule has 0 unspecified atom stereocenters. The molecule has 1 aliphatic carbocycles. The van der Waals surface area contributed by atoms with Crippen molar-refractivity contribution in [1.29, 1.82) is 0 Å². The van der Waals surface area contributed by atoms with Crippen LogP contribution in [0.5, 0.6) is 0 Å². The molecule has 28 heavy (non-hydrogen) atoms. The van der Waals surface area contributed by atoms with Gasteiger partial charge < -0.3 is 10.3 Å². The normalized spacial score (nSPS) is 13.4. The van der Waals surface area contributed by atoms with Crippen LogP contribution in [0, 0.1) is 0 Å². The third-order valence-electron chi connectivity index (χ3n) is 4.63. The average molecular weight is 435 g/mol. The highest BCUT2D eigenvalue weighted by atomic mass is 32.2. The van der Waals surface area contributed by atoms with Gasteiger partial charge in [0.05, 0.1) is 34.1 Å². The number of thiophene rings is 1. The second-order valence-electron chi connectivity index (χ2n) is 7.15. The van der Waals surface area contributed by atoms with E-state index in [1.165, 1.54) is 22.2 Å². The van der Waals surface area contributed by atoms with Gasteiger partial charge in [-0.3, -0.25) is 9.59 Å². The number of fused-ring (bicyclic) bond motifs is 3. The number of hydrogen-bond acceptors (Lipinski definition) is 7. The van der Waals surface area contributed by atoms with Gasteiger partial charge in [0.1, 0.15) is 10.7 Å². The second kappa shape index (κ2) is 8.34. The van der Waals surface area contributed by atoms with E-state index in [0.29, 0.717) is 29.8 Å². The van der Waals surface area contributed by atoms with Crippen LogP contribution in [0.2, 0.25) is 0 Å². The quantitative estimate of drug-likeness (QED) is 0.593. The molecule has 0 atom stereocenters. The van der Waals surface area contributed by atoms with E-state index in [1.807, 2.05) is 5.38 Å². The summed E-state index contributed by atoms with van der Waals surface area (Å²) in [6.07, 6.45) is 3.16. The van der Waals surface area contributed by atoms with Gasteiger partial charge in [-0.25, -0.2) is 9.97 Å². The first-order valence-electron chi connectivity index (χ1n) is 9.33. The average Bonchev–Trinajstić information content (AvgIpc) is 3.35. The van der Waals surface area contributed by atoms with Gasteiger partial charge in [0.2, 0.25) is 5.91 Å². The lowest BCUT2D eigenvalue weighted by atomic mass is 10.2. The SMILES string of the molecule is CC(C)c1nc(CNC(=O)CSCc2nc3sc4c(c3c(=O)[nH]2)CCC4)cs1. The maximum absolute atomic E-state index is 12.4. The van der Waals surface area contributed by atoms with Gasteiger partial charge in [0, 0.05) is 16.2 Å². The number of carbonyl (C=O) groups is 1. The molecule has 0 saturated heterocycles. The Morgan fingerprint density at radius 3 is 3.00 bits per heavy atom. The molecule has 0 aliphatic heterocycles. The number of hydrogen-bond donors (Lipinski definition) is 2. The van der Waals surface area contributed by atoms with E-state index in [9.17, 15) is 9.59 Å². The Labute approximate surface area is 175 Å². The Balaban J connectivity index is 1.30. The highest BCUT2D eigenvalue weighted by Crippen LogP contribution is 2.34. The van der Waals surface area contributed by atoms with Crippen LogP contribution in [-0.4, -0.2) is 26.6 Å². The highest BCUT2D eigenvalue weighted by Gasteiger charge is 2.21. The number of aromatic nitrogens is 3. The highest BCUT2D eigenvalue weighted by molar-refractivity contribution is 7.99. The predicted molar refractivity (Wildman–Crippen MR) is 116 cm³/mol. The number of thiazole rings is 1. The lowest BCUT2D eigenvalue weighted by Gasteiger charge is -2.04. The number of thioether (sulfide) groups is 1. The first-order chi connectivity index (χ1) is 13.5. The van der Waals surface area contributed by atoms with Gasteiger partial charge in [-0.15, -0.1) is 34.4 Å². The van der Waals surface area contributed by atoms with E-state index in [0.717, 1.165) is 40.2 Å². The fourth-order valence-electron chi connectivity index (χ4n) is 3.26. The number of nitrogens with one attached hydrogen (secondary N) is 2. The lowest BCUT2D eigenvalue weighted by Crippen LogP contribution is -2.25. The van der Waals surface area contributed by atoms with Crippen molar-refractivity contribution in [2.24, 2.45) is 0 Å². The summed E-state index contributed by atoms with van der Waals surface area (Å²) in [5.41, 5.74) is 2.04. The smallest absolute Gasteiger partial charge is 0.259 e. The van der Waals surface area contributed by atoms with Crippen LogP contribution in [0.15, 0.2) is 10.2 Å². The van der Waals surface area contributed by atoms with Crippen LogP contribution < -0.4 is 10.9 Å². The van der Waals surface area contributed by atoms with Gasteiger partial charge in [-0.2, -0.15) is 0 Å². The van der Waals surface area contributed by atoms with Crippen molar-refractivity contribution in [3.63, 3.8) is 0 Å². The number of amides is 1. The van der Waals surface area contributed by atoms with Crippen LogP contribution in [0.3, 0.4) is 0 Å². The molecule has 0 saturated carbocycles. The van der Waals surface area contributed by atoms with Gasteiger partial charge in [0.25, 0.3) is 5.56 Å². The van der Waals surface area contributed by atoms with E-state index >= 15 is 0 Å². The Morgan fingerprint density at radius 2 is 2.21 bits per heavy atom. The van der Waals surface area contributed by atoms with Crippen LogP contribution in [0.25, 0.3) is 10.2 Å². The summed E-state index contributed by atoms with van der Waals surface area (Å²) in [5.74, 6) is 1.83. The summed E-state index contributed by atoms with van der Waals surface area (Å²) in [6.45, 7) is 4.67. The Bertz CT molecular complexity index is 1070. The van der Waals surface area contributed by atoms with Crippen molar-refractivity contribution in [2.45, 2.75) is 51.3 Å². The van der Waals surface area contributed by atoms with E-state index in [4.69, 9.17) is 0 Å². The van der Waals surface area contributed by atoms with Crippen LogP contribution in [0.4, 0.5) is 0 Å². The maximum Gasteiger partial charge on any atom is 0.259 e. The molecule has 0 fully saturated rings. The largest absolute Gasteiger partial charge is 0.350 e. The lowest BCUT2D eigenvalue weighted by molar-refractivity contribution is -0.118. The summed E-state index contributed by atoms with van der Waals surface area (Å²) >= 11 is 4.71. The van der Waals surface area contributed by atoms with Crippen LogP contribution in [0.1, 0.15) is 53.2 Å². The molecule has 0 aromatic carbocycles. The summed E-state index contributed by atoms with van der Waals surface area (Å²) in [7, 11) is 0. The van der Waals surface area contributed by atoms with E-state index in [1.54, 1.807) is 22.7 Å². The molecule has 6 nitrogen and oxygen atoms in total. The predicted octanol–water partition coefficient (Wildman–Crippen LogP) is 3.60. The summed E-state index contributed by atoms with van der Waals surface area (Å²) < 4.78 is 0. The summed E-state index contributed by atoms with van der Waals surface area (Å²) in [5, 5.41) is 6.75. The van der Waals surface area contributed by atoms with E-state index in [2.05, 4.69) is 34.1 Å². The molecule has 1 aliphatic rings. The fraction of sp³-hybridized carbons (Fsp3) is 0.474. The maximum atomic E-state index is 12.4. The molecule has 0 radical (unpaired) electrons. The monoisotopic (exact) mass is 434 g/mol. The summed E-state index contributed by atoms with van der Waals surface area (Å²) in [4.78, 5) is 38.7. The van der Waals surface area contributed by atoms with E-state index < -0.39 is 0 Å². The number of carbonyl (C=O) groups excluding carboxylic acids is 1. The number of rotatable bonds is 7. The first-order valence-corrected chi connectivity index (χ1v) is 12.2. The molecule has 9 heteroatoms. The van der Waals surface area contributed by atoms with Crippen LogP contribution in [-0.2, 0) is 29.9 Å². The van der Waals surface area contributed by atoms with Crippen LogP contribution >= 0.6 is 34.4 Å². The molecule has 2 N–H and O–H groups in total. The third-order valence-corrected chi connectivity index (χ3v) is 7.95. The minimum Gasteiger partial charge on any atom is -0.350 e. The molecule has 148 valence electrons. The van der Waals surface area contributed by atoms with E-state index in [-0.39, 0.29) is 11.5 Å². The molecule has 0 spiro atoms. The Hall–Kier alpha value is -1.71. The minimum atomic E-state index is -0.0473. The number of aromatic amines is 1. The zero-order valence-corrected chi connectivity index (χ0v) is 18.3. The molecule has 4 rings (SSSR count). The topological polar surface area (TPSA) is 87.7 Å². The fourth-order valence-corrected chi connectivity index (χ4v) is 6.10. The van der Waals surface area contributed by atoms with Crippen molar-refractivity contribution in [3.05, 3.63) is 42.7 Å².